The minimum absolute atomic E-state index is 0.00229. The van der Waals surface area contributed by atoms with Gasteiger partial charge in [0.25, 0.3) is 11.8 Å². The monoisotopic (exact) mass is 490 g/mol. The molecule has 0 unspecified atom stereocenters. The molecule has 2 amide bonds. The van der Waals surface area contributed by atoms with Crippen molar-refractivity contribution in [3.63, 3.8) is 0 Å². The van der Waals surface area contributed by atoms with Gasteiger partial charge in [0.2, 0.25) is 0 Å². The van der Waals surface area contributed by atoms with E-state index in [-0.39, 0.29) is 23.8 Å². The van der Waals surface area contributed by atoms with Crippen LogP contribution in [-0.4, -0.2) is 42.1 Å². The number of nitrogens with one attached hydrogen (secondary N) is 2. The fraction of sp³-hybridized carbons (Fsp3) is 0.458. The molecule has 0 aliphatic heterocycles. The highest BCUT2D eigenvalue weighted by molar-refractivity contribution is 7.18. The minimum Gasteiger partial charge on any atom is -0.490 e. The lowest BCUT2D eigenvalue weighted by Gasteiger charge is -2.26. The Morgan fingerprint density at radius 1 is 0.970 bits per heavy atom. The highest BCUT2D eigenvalue weighted by atomic mass is 35.5. The summed E-state index contributed by atoms with van der Waals surface area (Å²) in [4.78, 5) is 36.3. The van der Waals surface area contributed by atoms with Crippen molar-refractivity contribution < 1.29 is 24.2 Å². The molecule has 33 heavy (non-hydrogen) atoms. The lowest BCUT2D eigenvalue weighted by molar-refractivity contribution is -0.143. The molecule has 9 heteroatoms. The Balaban J connectivity index is 1.17. The van der Waals surface area contributed by atoms with Crippen molar-refractivity contribution in [1.82, 2.24) is 10.6 Å². The van der Waals surface area contributed by atoms with Gasteiger partial charge in [0.15, 0.2) is 0 Å². The lowest BCUT2D eigenvalue weighted by Crippen LogP contribution is -2.34. The number of carbonyl (C=O) groups excluding carboxylic acids is 2. The molecule has 0 bridgehead atoms. The SMILES string of the molecule is O=C(NCCNC(=O)c1cc(C2CC2)c(Cl)s1)c1ccc(OC2CCC(C(=O)O)CC2)cc1. The molecule has 0 saturated heterocycles. The number of carbonyl (C=O) groups is 3. The lowest BCUT2D eigenvalue weighted by atomic mass is 9.87. The number of hydrogen-bond acceptors (Lipinski definition) is 5. The Bertz CT molecular complexity index is 1010. The largest absolute Gasteiger partial charge is 0.490 e. The molecular weight excluding hydrogens is 464 g/mol. The molecule has 1 aromatic heterocycles. The van der Waals surface area contributed by atoms with Crippen LogP contribution >= 0.6 is 22.9 Å². The third kappa shape index (κ3) is 6.26. The number of aliphatic carboxylic acids is 1. The van der Waals surface area contributed by atoms with Crippen LogP contribution in [0.5, 0.6) is 5.75 Å². The second-order valence-electron chi connectivity index (χ2n) is 8.58. The van der Waals surface area contributed by atoms with Crippen molar-refractivity contribution in [3.05, 3.63) is 50.7 Å². The van der Waals surface area contributed by atoms with Gasteiger partial charge in [-0.3, -0.25) is 14.4 Å². The van der Waals surface area contributed by atoms with Crippen LogP contribution in [0.15, 0.2) is 30.3 Å². The Hall–Kier alpha value is -2.58. The number of hydrogen-bond donors (Lipinski definition) is 3. The van der Waals surface area contributed by atoms with Crippen LogP contribution in [0.2, 0.25) is 4.34 Å². The van der Waals surface area contributed by atoms with E-state index in [1.165, 1.54) is 11.3 Å². The number of carboxylic acids is 1. The van der Waals surface area contributed by atoms with E-state index in [0.29, 0.717) is 65.2 Å². The van der Waals surface area contributed by atoms with Crippen molar-refractivity contribution in [2.24, 2.45) is 5.92 Å². The van der Waals surface area contributed by atoms with Gasteiger partial charge in [-0.25, -0.2) is 0 Å². The Labute approximate surface area is 201 Å². The number of benzene rings is 1. The van der Waals surface area contributed by atoms with E-state index in [0.717, 1.165) is 18.4 Å². The molecule has 2 saturated carbocycles. The van der Waals surface area contributed by atoms with E-state index in [2.05, 4.69) is 10.6 Å². The van der Waals surface area contributed by atoms with Crippen LogP contribution in [0.1, 0.15) is 70.0 Å². The Morgan fingerprint density at radius 2 is 1.61 bits per heavy atom. The molecular formula is C24H27ClN2O5S. The minimum atomic E-state index is -0.734. The van der Waals surface area contributed by atoms with Crippen molar-refractivity contribution in [3.8, 4) is 5.75 Å². The molecule has 176 valence electrons. The molecule has 2 aromatic rings. The zero-order chi connectivity index (χ0) is 23.4. The molecule has 1 aromatic carbocycles. The van der Waals surface area contributed by atoms with Gasteiger partial charge in [-0.1, -0.05) is 11.6 Å². The van der Waals surface area contributed by atoms with Crippen LogP contribution in [0.25, 0.3) is 0 Å². The smallest absolute Gasteiger partial charge is 0.306 e. The van der Waals surface area contributed by atoms with E-state index < -0.39 is 5.97 Å². The highest BCUT2D eigenvalue weighted by Crippen LogP contribution is 2.46. The van der Waals surface area contributed by atoms with E-state index in [1.807, 2.05) is 6.07 Å². The van der Waals surface area contributed by atoms with Crippen LogP contribution in [0, 0.1) is 5.92 Å². The van der Waals surface area contributed by atoms with Crippen LogP contribution in [0.3, 0.4) is 0 Å². The third-order valence-electron chi connectivity index (χ3n) is 6.09. The summed E-state index contributed by atoms with van der Waals surface area (Å²) in [6.07, 6.45) is 4.93. The summed E-state index contributed by atoms with van der Waals surface area (Å²) in [7, 11) is 0. The fourth-order valence-electron chi connectivity index (χ4n) is 4.01. The molecule has 2 aliphatic rings. The predicted molar refractivity (Wildman–Crippen MR) is 126 cm³/mol. The van der Waals surface area contributed by atoms with Gasteiger partial charge in [-0.15, -0.1) is 11.3 Å². The van der Waals surface area contributed by atoms with Crippen molar-refractivity contribution in [1.29, 1.82) is 0 Å². The average Bonchev–Trinajstić information content (AvgIpc) is 3.58. The highest BCUT2D eigenvalue weighted by Gasteiger charge is 2.29. The van der Waals surface area contributed by atoms with Crippen molar-refractivity contribution in [2.45, 2.75) is 50.5 Å². The van der Waals surface area contributed by atoms with Gasteiger partial charge in [0.05, 0.1) is 21.2 Å². The average molecular weight is 491 g/mol. The summed E-state index contributed by atoms with van der Waals surface area (Å²) in [6, 6.07) is 8.76. The van der Waals surface area contributed by atoms with Gasteiger partial charge in [0.1, 0.15) is 5.75 Å². The molecule has 4 rings (SSSR count). The van der Waals surface area contributed by atoms with E-state index >= 15 is 0 Å². The first-order chi connectivity index (χ1) is 15.9. The standard InChI is InChI=1S/C24H27ClN2O5S/c25-21-19(14-1-2-14)13-20(33-21)23(29)27-12-11-26-22(28)15-3-7-17(8-4-15)32-18-9-5-16(6-10-18)24(30)31/h3-4,7-8,13-14,16,18H,1-2,5-6,9-12H2,(H,26,28)(H,27,29)(H,30,31). The number of ether oxygens (including phenoxy) is 1. The quantitative estimate of drug-likeness (QED) is 0.450. The maximum absolute atomic E-state index is 12.4. The molecule has 7 nitrogen and oxygen atoms in total. The summed E-state index contributed by atoms with van der Waals surface area (Å²) in [6.45, 7) is 0.628. The summed E-state index contributed by atoms with van der Waals surface area (Å²) in [5.41, 5.74) is 1.57. The predicted octanol–water partition coefficient (Wildman–Crippen LogP) is 4.46. The van der Waals surface area contributed by atoms with Gasteiger partial charge in [0, 0.05) is 18.7 Å². The number of amides is 2. The summed E-state index contributed by atoms with van der Waals surface area (Å²) < 4.78 is 6.62. The normalized spacial score (nSPS) is 20.2. The summed E-state index contributed by atoms with van der Waals surface area (Å²) in [5, 5.41) is 14.7. The zero-order valence-corrected chi connectivity index (χ0v) is 19.7. The molecule has 3 N–H and O–H groups in total. The zero-order valence-electron chi connectivity index (χ0n) is 18.1. The van der Waals surface area contributed by atoms with E-state index in [4.69, 9.17) is 21.4 Å². The first-order valence-corrected chi connectivity index (χ1v) is 12.5. The number of carboxylic acid groups (broad SMARTS) is 1. The van der Waals surface area contributed by atoms with Crippen molar-refractivity contribution >= 4 is 40.7 Å². The van der Waals surface area contributed by atoms with Gasteiger partial charge >= 0.3 is 5.97 Å². The first-order valence-electron chi connectivity index (χ1n) is 11.3. The number of halogens is 1. The maximum atomic E-state index is 12.4. The molecule has 0 atom stereocenters. The topological polar surface area (TPSA) is 105 Å². The summed E-state index contributed by atoms with van der Waals surface area (Å²) >= 11 is 7.52. The van der Waals surface area contributed by atoms with Crippen LogP contribution in [0.4, 0.5) is 0 Å². The third-order valence-corrected chi connectivity index (χ3v) is 7.48. The maximum Gasteiger partial charge on any atom is 0.306 e. The molecule has 0 radical (unpaired) electrons. The van der Waals surface area contributed by atoms with Gasteiger partial charge in [-0.05, 0) is 80.3 Å². The molecule has 1 heterocycles. The number of rotatable bonds is 9. The van der Waals surface area contributed by atoms with Crippen LogP contribution < -0.4 is 15.4 Å². The van der Waals surface area contributed by atoms with Crippen LogP contribution in [-0.2, 0) is 4.79 Å². The fourth-order valence-corrected chi connectivity index (χ4v) is 5.36. The van der Waals surface area contributed by atoms with Gasteiger partial charge in [-0.2, -0.15) is 0 Å². The second kappa shape index (κ2) is 10.6. The van der Waals surface area contributed by atoms with E-state index in [9.17, 15) is 14.4 Å². The Kier molecular flexibility index (Phi) is 7.55. The molecule has 2 fully saturated rings. The Morgan fingerprint density at radius 3 is 2.21 bits per heavy atom. The summed E-state index contributed by atoms with van der Waals surface area (Å²) in [5.74, 6) is -0.253. The van der Waals surface area contributed by atoms with E-state index in [1.54, 1.807) is 24.3 Å². The number of thiophene rings is 1. The molecule has 2 aliphatic carbocycles. The van der Waals surface area contributed by atoms with Gasteiger partial charge < -0.3 is 20.5 Å². The second-order valence-corrected chi connectivity index (χ2v) is 10.2. The van der Waals surface area contributed by atoms with Crippen molar-refractivity contribution in [2.75, 3.05) is 13.1 Å². The first kappa shape index (κ1) is 23.6. The molecule has 0 spiro atoms.